The summed E-state index contributed by atoms with van der Waals surface area (Å²) in [7, 11) is 1.65. The summed E-state index contributed by atoms with van der Waals surface area (Å²) < 4.78 is 49.8. The fourth-order valence-corrected chi connectivity index (χ4v) is 3.60. The second-order valence-electron chi connectivity index (χ2n) is 6.63. The standard InChI is InChI=1S/C17H16F3N5O2S/c1-24-5-4-11(23-24)12-7-10(17(18,19)20)13-14(21-12)25(16(28)22-15(13)26)8-9-3-2-6-27-9/h4-5,7,9H,2-3,6,8H2,1H3,(H,22,26,28). The van der Waals surface area contributed by atoms with Crippen LogP contribution in [0.5, 0.6) is 0 Å². The highest BCUT2D eigenvalue weighted by Crippen LogP contribution is 2.35. The fraction of sp³-hybridized carbons (Fsp3) is 0.412. The maximum absolute atomic E-state index is 13.8. The van der Waals surface area contributed by atoms with Crippen molar-refractivity contribution in [1.29, 1.82) is 0 Å². The molecular weight excluding hydrogens is 395 g/mol. The van der Waals surface area contributed by atoms with Gasteiger partial charge in [-0.25, -0.2) is 4.98 Å². The highest BCUT2D eigenvalue weighted by atomic mass is 32.1. The lowest BCUT2D eigenvalue weighted by Crippen LogP contribution is -2.24. The summed E-state index contributed by atoms with van der Waals surface area (Å²) in [6.07, 6.45) is -1.72. The van der Waals surface area contributed by atoms with Crippen LogP contribution in [-0.2, 0) is 24.5 Å². The maximum atomic E-state index is 13.8. The fourth-order valence-electron chi connectivity index (χ4n) is 3.34. The number of halogens is 3. The number of ether oxygens (including phenoxy) is 1. The number of aromatic nitrogens is 5. The predicted molar refractivity (Wildman–Crippen MR) is 97.4 cm³/mol. The summed E-state index contributed by atoms with van der Waals surface area (Å²) in [6.45, 7) is 0.793. The normalized spacial score (nSPS) is 17.5. The number of hydrogen-bond acceptors (Lipinski definition) is 5. The number of rotatable bonds is 3. The minimum atomic E-state index is -4.75. The van der Waals surface area contributed by atoms with Gasteiger partial charge in [-0.3, -0.25) is 19.0 Å². The van der Waals surface area contributed by atoms with Gasteiger partial charge in [0, 0.05) is 19.9 Å². The van der Waals surface area contributed by atoms with Crippen LogP contribution in [0.2, 0.25) is 0 Å². The van der Waals surface area contributed by atoms with Crippen LogP contribution in [0.15, 0.2) is 23.1 Å². The Labute approximate surface area is 161 Å². The summed E-state index contributed by atoms with van der Waals surface area (Å²) in [5, 5.41) is 3.59. The van der Waals surface area contributed by atoms with Crippen LogP contribution in [-0.4, -0.2) is 37.0 Å². The predicted octanol–water partition coefficient (Wildman–Crippen LogP) is 3.05. The third-order valence-electron chi connectivity index (χ3n) is 4.64. The summed E-state index contributed by atoms with van der Waals surface area (Å²) >= 11 is 5.21. The largest absolute Gasteiger partial charge is 0.417 e. The van der Waals surface area contributed by atoms with E-state index in [1.54, 1.807) is 19.3 Å². The van der Waals surface area contributed by atoms with Crippen LogP contribution in [0.25, 0.3) is 22.4 Å². The zero-order chi connectivity index (χ0) is 20.1. The van der Waals surface area contributed by atoms with E-state index in [-0.39, 0.29) is 34.5 Å². The summed E-state index contributed by atoms with van der Waals surface area (Å²) in [5.41, 5.74) is -1.84. The molecule has 0 aliphatic carbocycles. The molecule has 0 spiro atoms. The van der Waals surface area contributed by atoms with Gasteiger partial charge in [0.05, 0.1) is 29.3 Å². The van der Waals surface area contributed by atoms with Gasteiger partial charge in [0.25, 0.3) is 5.56 Å². The second-order valence-corrected chi connectivity index (χ2v) is 7.02. The van der Waals surface area contributed by atoms with Crippen molar-refractivity contribution >= 4 is 23.3 Å². The number of aromatic amines is 1. The van der Waals surface area contributed by atoms with E-state index < -0.39 is 22.7 Å². The molecule has 7 nitrogen and oxygen atoms in total. The van der Waals surface area contributed by atoms with Crippen LogP contribution in [0.1, 0.15) is 18.4 Å². The Morgan fingerprint density at radius 3 is 2.79 bits per heavy atom. The van der Waals surface area contributed by atoms with E-state index in [0.717, 1.165) is 18.9 Å². The van der Waals surface area contributed by atoms with E-state index in [1.165, 1.54) is 9.25 Å². The smallest absolute Gasteiger partial charge is 0.376 e. The molecule has 4 rings (SSSR count). The third kappa shape index (κ3) is 3.35. The number of nitrogens with one attached hydrogen (secondary N) is 1. The highest BCUT2D eigenvalue weighted by Gasteiger charge is 2.36. The van der Waals surface area contributed by atoms with Crippen molar-refractivity contribution in [3.8, 4) is 11.4 Å². The van der Waals surface area contributed by atoms with Crippen molar-refractivity contribution in [1.82, 2.24) is 24.3 Å². The molecule has 4 heterocycles. The first kappa shape index (κ1) is 18.8. The van der Waals surface area contributed by atoms with E-state index in [2.05, 4.69) is 15.1 Å². The summed E-state index contributed by atoms with van der Waals surface area (Å²) in [6, 6.07) is 2.40. The van der Waals surface area contributed by atoms with E-state index in [9.17, 15) is 18.0 Å². The Bertz CT molecular complexity index is 1160. The SMILES string of the molecule is Cn1ccc(-c2cc(C(F)(F)F)c3c(=O)[nH]c(=S)n(CC4CCCO4)c3n2)n1. The third-order valence-corrected chi connectivity index (χ3v) is 4.96. The summed E-state index contributed by atoms with van der Waals surface area (Å²) in [5.74, 6) is 0. The molecule has 11 heteroatoms. The zero-order valence-corrected chi connectivity index (χ0v) is 15.6. The highest BCUT2D eigenvalue weighted by molar-refractivity contribution is 7.71. The molecule has 1 N–H and O–H groups in total. The van der Waals surface area contributed by atoms with Crippen molar-refractivity contribution < 1.29 is 17.9 Å². The van der Waals surface area contributed by atoms with Gasteiger partial charge in [0.1, 0.15) is 11.3 Å². The second kappa shape index (κ2) is 6.82. The number of hydrogen-bond donors (Lipinski definition) is 1. The molecule has 148 valence electrons. The first-order valence-electron chi connectivity index (χ1n) is 8.61. The van der Waals surface area contributed by atoms with Crippen molar-refractivity contribution in [3.63, 3.8) is 0 Å². The number of nitrogens with zero attached hydrogens (tertiary/aromatic N) is 4. The van der Waals surface area contributed by atoms with E-state index in [1.807, 2.05) is 0 Å². The van der Waals surface area contributed by atoms with Crippen molar-refractivity contribution in [2.45, 2.75) is 31.7 Å². The molecule has 1 aliphatic rings. The molecule has 0 bridgehead atoms. The van der Waals surface area contributed by atoms with Crippen molar-refractivity contribution in [2.75, 3.05) is 6.61 Å². The molecule has 0 radical (unpaired) electrons. The Balaban J connectivity index is 2.03. The zero-order valence-electron chi connectivity index (χ0n) is 14.8. The molecule has 1 atom stereocenters. The first-order chi connectivity index (χ1) is 13.2. The topological polar surface area (TPSA) is 77.7 Å². The Hall–Kier alpha value is -2.53. The monoisotopic (exact) mass is 411 g/mol. The molecule has 0 saturated carbocycles. The van der Waals surface area contributed by atoms with Crippen molar-refractivity contribution in [3.05, 3.63) is 39.0 Å². The average molecular weight is 411 g/mol. The minimum absolute atomic E-state index is 0.00629. The maximum Gasteiger partial charge on any atom is 0.417 e. The molecule has 3 aromatic heterocycles. The number of fused-ring (bicyclic) bond motifs is 1. The first-order valence-corrected chi connectivity index (χ1v) is 9.01. The molecule has 1 aliphatic heterocycles. The van der Waals surface area contributed by atoms with Gasteiger partial charge in [-0.05, 0) is 37.2 Å². The van der Waals surface area contributed by atoms with Gasteiger partial charge in [-0.2, -0.15) is 18.3 Å². The van der Waals surface area contributed by atoms with Crippen molar-refractivity contribution in [2.24, 2.45) is 7.05 Å². The van der Waals surface area contributed by atoms with Crippen LogP contribution in [0.3, 0.4) is 0 Å². The molecule has 1 fully saturated rings. The Morgan fingerprint density at radius 1 is 1.39 bits per heavy atom. The van der Waals surface area contributed by atoms with Crippen LogP contribution < -0.4 is 5.56 Å². The lowest BCUT2D eigenvalue weighted by molar-refractivity contribution is -0.136. The lowest BCUT2D eigenvalue weighted by atomic mass is 10.1. The minimum Gasteiger partial charge on any atom is -0.376 e. The van der Waals surface area contributed by atoms with Crippen LogP contribution in [0, 0.1) is 4.77 Å². The Morgan fingerprint density at radius 2 is 2.18 bits per heavy atom. The molecule has 0 aromatic carbocycles. The van der Waals surface area contributed by atoms with Crippen LogP contribution in [0.4, 0.5) is 13.2 Å². The summed E-state index contributed by atoms with van der Waals surface area (Å²) in [4.78, 5) is 19.1. The van der Waals surface area contributed by atoms with Gasteiger partial charge in [0.2, 0.25) is 0 Å². The lowest BCUT2D eigenvalue weighted by Gasteiger charge is -2.17. The quantitative estimate of drug-likeness (QED) is 0.671. The number of H-pyrrole nitrogens is 1. The molecule has 3 aromatic rings. The number of pyridine rings is 1. The molecule has 1 saturated heterocycles. The van der Waals surface area contributed by atoms with E-state index in [0.29, 0.717) is 6.61 Å². The van der Waals surface area contributed by atoms with Gasteiger partial charge >= 0.3 is 6.18 Å². The van der Waals surface area contributed by atoms with Gasteiger partial charge in [-0.1, -0.05) is 0 Å². The molecule has 0 amide bonds. The average Bonchev–Trinajstić information content (AvgIpc) is 3.28. The van der Waals surface area contributed by atoms with Gasteiger partial charge in [0.15, 0.2) is 4.77 Å². The Kier molecular flexibility index (Phi) is 4.58. The molecular formula is C17H16F3N5O2S. The van der Waals surface area contributed by atoms with Gasteiger partial charge < -0.3 is 4.74 Å². The number of alkyl halides is 3. The molecule has 1 unspecified atom stereocenters. The number of aryl methyl sites for hydroxylation is 1. The molecule has 28 heavy (non-hydrogen) atoms. The van der Waals surface area contributed by atoms with Crippen LogP contribution >= 0.6 is 12.2 Å². The van der Waals surface area contributed by atoms with Gasteiger partial charge in [-0.15, -0.1) is 0 Å². The van der Waals surface area contributed by atoms with E-state index >= 15 is 0 Å². The van der Waals surface area contributed by atoms with E-state index in [4.69, 9.17) is 17.0 Å².